The van der Waals surface area contributed by atoms with Gasteiger partial charge in [0, 0.05) is 6.61 Å². The van der Waals surface area contributed by atoms with Crippen LogP contribution >= 0.6 is 0 Å². The van der Waals surface area contributed by atoms with Gasteiger partial charge in [-0.25, -0.2) is 0 Å². The molecule has 0 saturated carbocycles. The molecule has 0 N–H and O–H groups in total. The van der Waals surface area contributed by atoms with E-state index < -0.39 is 0 Å². The summed E-state index contributed by atoms with van der Waals surface area (Å²) in [6.45, 7) is 9.54. The van der Waals surface area contributed by atoms with Crippen LogP contribution in [0.2, 0.25) is 0 Å². The molecule has 0 aromatic rings. The molecule has 1 heteroatoms. The first-order chi connectivity index (χ1) is 4.41. The molecule has 0 unspecified atom stereocenters. The Hall–Kier alpha value is -0.300. The Morgan fingerprint density at radius 2 is 1.89 bits per heavy atom. The lowest BCUT2D eigenvalue weighted by molar-refractivity contribution is 0.177. The zero-order valence-electron chi connectivity index (χ0n) is 6.98. The van der Waals surface area contributed by atoms with Gasteiger partial charge in [0.2, 0.25) is 0 Å². The smallest absolute Gasteiger partial charge is 0.0647 e. The van der Waals surface area contributed by atoms with Crippen molar-refractivity contribution in [3.63, 3.8) is 0 Å². The maximum absolute atomic E-state index is 4.99. The molecule has 0 atom stereocenters. The van der Waals surface area contributed by atoms with Crippen LogP contribution in [-0.2, 0) is 4.74 Å². The van der Waals surface area contributed by atoms with Gasteiger partial charge in [-0.05, 0) is 13.8 Å². The molecule has 1 nitrogen and oxygen atoms in total. The molecule has 0 aromatic heterocycles. The lowest BCUT2D eigenvalue weighted by atomic mass is 10.5. The fraction of sp³-hybridized carbons (Fsp3) is 0.750. The van der Waals surface area contributed by atoms with E-state index in [2.05, 4.69) is 0 Å². The van der Waals surface area contributed by atoms with Crippen LogP contribution in [0.4, 0.5) is 0 Å². The number of allylic oxidation sites excluding steroid dienone is 1. The molecular weight excluding hydrogens is 112 g/mol. The van der Waals surface area contributed by atoms with E-state index in [4.69, 9.17) is 4.74 Å². The van der Waals surface area contributed by atoms with E-state index in [-0.39, 0.29) is 0 Å². The molecule has 0 spiro atoms. The van der Waals surface area contributed by atoms with Crippen molar-refractivity contribution in [1.82, 2.24) is 0 Å². The van der Waals surface area contributed by atoms with Crippen molar-refractivity contribution in [3.8, 4) is 0 Å². The quantitative estimate of drug-likeness (QED) is 0.421. The van der Waals surface area contributed by atoms with Gasteiger partial charge >= 0.3 is 0 Å². The largest absolute Gasteiger partial charge is 0.378 e. The Morgan fingerprint density at radius 3 is 2.22 bits per heavy atom. The van der Waals surface area contributed by atoms with Crippen LogP contribution in [0.15, 0.2) is 12.2 Å². The summed E-state index contributed by atoms with van der Waals surface area (Å²) in [5.74, 6) is 0. The van der Waals surface area contributed by atoms with Crippen molar-refractivity contribution in [2.24, 2.45) is 0 Å². The lowest BCUT2D eigenvalue weighted by Gasteiger charge is -1.89. The van der Waals surface area contributed by atoms with Gasteiger partial charge in [0.25, 0.3) is 0 Å². The molecule has 0 amide bonds. The molecule has 0 aliphatic rings. The average Bonchev–Trinajstić information content (AvgIpc) is 1.94. The monoisotopic (exact) mass is 130 g/mol. The minimum atomic E-state index is 0.757. The van der Waals surface area contributed by atoms with Gasteiger partial charge in [-0.3, -0.25) is 0 Å². The lowest BCUT2D eigenvalue weighted by Crippen LogP contribution is -1.86. The van der Waals surface area contributed by atoms with E-state index in [0.29, 0.717) is 0 Å². The molecule has 0 bridgehead atoms. The Bertz CT molecular complexity index is 48.5. The topological polar surface area (TPSA) is 9.23 Å². The molecule has 0 aliphatic carbocycles. The molecule has 0 aromatic carbocycles. The molecule has 0 radical (unpaired) electrons. The van der Waals surface area contributed by atoms with Crippen molar-refractivity contribution in [1.29, 1.82) is 0 Å². The predicted molar refractivity (Wildman–Crippen MR) is 42.7 cm³/mol. The summed E-state index contributed by atoms with van der Waals surface area (Å²) >= 11 is 0. The number of hydrogen-bond acceptors (Lipinski definition) is 1. The van der Waals surface area contributed by atoms with E-state index in [1.54, 1.807) is 0 Å². The summed E-state index contributed by atoms with van der Waals surface area (Å²) in [4.78, 5) is 0. The average molecular weight is 130 g/mol. The van der Waals surface area contributed by atoms with E-state index >= 15 is 0 Å². The molecule has 0 aliphatic heterocycles. The van der Waals surface area contributed by atoms with Crippen LogP contribution < -0.4 is 0 Å². The molecule has 0 saturated heterocycles. The number of ether oxygens (including phenoxy) is 1. The summed E-state index contributed by atoms with van der Waals surface area (Å²) < 4.78 is 4.99. The highest BCUT2D eigenvalue weighted by Gasteiger charge is 1.69. The third kappa shape index (κ3) is 18.3. The number of hydrogen-bond donors (Lipinski definition) is 0. The van der Waals surface area contributed by atoms with Gasteiger partial charge in [-0.2, -0.15) is 0 Å². The molecule has 9 heavy (non-hydrogen) atoms. The Labute approximate surface area is 58.7 Å². The Balaban J connectivity index is 0. The second-order valence-corrected chi connectivity index (χ2v) is 1.23. The summed E-state index contributed by atoms with van der Waals surface area (Å²) in [6, 6.07) is 0. The highest BCUT2D eigenvalue weighted by Crippen LogP contribution is 1.73. The van der Waals surface area contributed by atoms with Crippen molar-refractivity contribution in [2.45, 2.75) is 27.7 Å². The van der Waals surface area contributed by atoms with Gasteiger partial charge in [-0.15, -0.1) is 0 Å². The zero-order chi connectivity index (χ0) is 7.54. The Kier molecular flexibility index (Phi) is 20.0. The molecule has 0 fully saturated rings. The molecule has 0 rings (SSSR count). The Morgan fingerprint density at radius 1 is 1.33 bits per heavy atom. The van der Waals surface area contributed by atoms with Crippen molar-refractivity contribution in [2.75, 3.05) is 13.2 Å². The second-order valence-electron chi connectivity index (χ2n) is 1.23. The molecule has 0 heterocycles. The van der Waals surface area contributed by atoms with Crippen LogP contribution in [0.25, 0.3) is 0 Å². The van der Waals surface area contributed by atoms with E-state index in [0.717, 1.165) is 13.2 Å². The van der Waals surface area contributed by atoms with Crippen LogP contribution in [0.5, 0.6) is 0 Å². The molecule has 56 valence electrons. The standard InChI is InChI=1S/C6H12O.C2H6/c1-3-5-6-7-4-2;1-2/h3,5H,4,6H2,1-2H3;1-2H3/b5-3-;. The van der Waals surface area contributed by atoms with E-state index in [1.807, 2.05) is 39.8 Å². The van der Waals surface area contributed by atoms with Crippen molar-refractivity contribution < 1.29 is 4.74 Å². The number of rotatable bonds is 3. The van der Waals surface area contributed by atoms with Crippen LogP contribution in [-0.4, -0.2) is 13.2 Å². The minimum absolute atomic E-state index is 0.757. The van der Waals surface area contributed by atoms with Gasteiger partial charge < -0.3 is 4.74 Å². The van der Waals surface area contributed by atoms with Gasteiger partial charge in [0.05, 0.1) is 6.61 Å². The van der Waals surface area contributed by atoms with E-state index in [9.17, 15) is 0 Å². The van der Waals surface area contributed by atoms with Gasteiger partial charge in [0.1, 0.15) is 0 Å². The SMILES string of the molecule is C/C=C\COCC.CC. The van der Waals surface area contributed by atoms with E-state index in [1.165, 1.54) is 0 Å². The zero-order valence-corrected chi connectivity index (χ0v) is 6.98. The maximum Gasteiger partial charge on any atom is 0.0647 e. The first-order valence-electron chi connectivity index (χ1n) is 3.60. The van der Waals surface area contributed by atoms with Gasteiger partial charge in [0.15, 0.2) is 0 Å². The van der Waals surface area contributed by atoms with Crippen molar-refractivity contribution >= 4 is 0 Å². The summed E-state index contributed by atoms with van der Waals surface area (Å²) in [5.41, 5.74) is 0. The van der Waals surface area contributed by atoms with Crippen LogP contribution in [0, 0.1) is 0 Å². The fourth-order valence-electron chi connectivity index (χ4n) is 0.282. The molecular formula is C8H18O. The third-order valence-corrected chi connectivity index (χ3v) is 0.654. The summed E-state index contributed by atoms with van der Waals surface area (Å²) in [5, 5.41) is 0. The van der Waals surface area contributed by atoms with Crippen molar-refractivity contribution in [3.05, 3.63) is 12.2 Å². The first-order valence-corrected chi connectivity index (χ1v) is 3.60. The highest BCUT2D eigenvalue weighted by molar-refractivity contribution is 4.75. The third-order valence-electron chi connectivity index (χ3n) is 0.654. The van der Waals surface area contributed by atoms with Gasteiger partial charge in [-0.1, -0.05) is 26.0 Å². The summed E-state index contributed by atoms with van der Waals surface area (Å²) in [7, 11) is 0. The highest BCUT2D eigenvalue weighted by atomic mass is 16.5. The normalized spacial score (nSPS) is 8.89. The maximum atomic E-state index is 4.99. The first kappa shape index (κ1) is 11.5. The fourth-order valence-corrected chi connectivity index (χ4v) is 0.282. The second kappa shape index (κ2) is 15.6. The minimum Gasteiger partial charge on any atom is -0.378 e. The predicted octanol–water partition coefficient (Wildman–Crippen LogP) is 2.63. The van der Waals surface area contributed by atoms with Crippen LogP contribution in [0.3, 0.4) is 0 Å². The van der Waals surface area contributed by atoms with Crippen LogP contribution in [0.1, 0.15) is 27.7 Å². The summed E-state index contributed by atoms with van der Waals surface area (Å²) in [6.07, 6.45) is 3.97.